The van der Waals surface area contributed by atoms with Crippen LogP contribution in [0.15, 0.2) is 29.3 Å². The smallest absolute Gasteiger partial charge is 0.194 e. The van der Waals surface area contributed by atoms with Gasteiger partial charge in [0.2, 0.25) is 0 Å². The fourth-order valence-electron chi connectivity index (χ4n) is 4.09. The average Bonchev–Trinajstić information content (AvgIpc) is 3.36. The van der Waals surface area contributed by atoms with Crippen molar-refractivity contribution in [2.45, 2.75) is 45.2 Å². The molecule has 1 aromatic heterocycles. The highest BCUT2D eigenvalue weighted by Crippen LogP contribution is 2.26. The Morgan fingerprint density at radius 3 is 2.52 bits per heavy atom. The molecule has 1 aliphatic carbocycles. The van der Waals surface area contributed by atoms with Crippen LogP contribution in [0.3, 0.4) is 0 Å². The summed E-state index contributed by atoms with van der Waals surface area (Å²) in [5.41, 5.74) is 1.12. The molecule has 0 amide bonds. The molecule has 0 atom stereocenters. The number of rotatable bonds is 4. The van der Waals surface area contributed by atoms with Gasteiger partial charge >= 0.3 is 0 Å². The van der Waals surface area contributed by atoms with E-state index in [-0.39, 0.29) is 0 Å². The number of aromatic nitrogens is 3. The van der Waals surface area contributed by atoms with Crippen LogP contribution in [0.4, 0.5) is 5.69 Å². The summed E-state index contributed by atoms with van der Waals surface area (Å²) in [6.07, 6.45) is 5.05. The van der Waals surface area contributed by atoms with Crippen LogP contribution < -0.4 is 10.2 Å². The summed E-state index contributed by atoms with van der Waals surface area (Å²) < 4.78 is 2.01. The first-order valence-electron chi connectivity index (χ1n) is 10.5. The minimum absolute atomic E-state index is 0.525. The first-order chi connectivity index (χ1) is 14.1. The van der Waals surface area contributed by atoms with Crippen molar-refractivity contribution in [3.63, 3.8) is 0 Å². The lowest BCUT2D eigenvalue weighted by Crippen LogP contribution is -2.54. The Labute approximate surface area is 177 Å². The molecule has 2 aromatic rings. The zero-order valence-corrected chi connectivity index (χ0v) is 18.1. The van der Waals surface area contributed by atoms with Crippen molar-refractivity contribution < 1.29 is 0 Å². The van der Waals surface area contributed by atoms with E-state index in [9.17, 15) is 0 Å². The van der Waals surface area contributed by atoms with E-state index < -0.39 is 0 Å². The van der Waals surface area contributed by atoms with Crippen LogP contribution in [-0.2, 0) is 13.6 Å². The fraction of sp³-hybridized carbons (Fsp3) is 0.571. The standard InChI is InChI=1S/C21H30ClN7/c1-16-25-26-20(27(16)2)15-23-21(24-17-7-3-4-8-17)29-13-11-28(12-14-29)19-10-6-5-9-18(19)22/h5-6,9-10,17H,3-4,7-8,11-15H2,1-2H3,(H,23,24). The lowest BCUT2D eigenvalue weighted by Gasteiger charge is -2.38. The molecule has 1 N–H and O–H groups in total. The molecule has 0 spiro atoms. The maximum atomic E-state index is 6.40. The van der Waals surface area contributed by atoms with E-state index in [0.717, 1.165) is 54.5 Å². The van der Waals surface area contributed by atoms with Gasteiger partial charge in [-0.2, -0.15) is 0 Å². The molecule has 1 aromatic carbocycles. The Morgan fingerprint density at radius 2 is 1.86 bits per heavy atom. The van der Waals surface area contributed by atoms with Crippen LogP contribution >= 0.6 is 11.6 Å². The predicted molar refractivity (Wildman–Crippen MR) is 118 cm³/mol. The van der Waals surface area contributed by atoms with Gasteiger partial charge in [-0.05, 0) is 31.9 Å². The Kier molecular flexibility index (Phi) is 6.23. The second kappa shape index (κ2) is 9.03. The molecule has 1 saturated heterocycles. The number of hydrogen-bond donors (Lipinski definition) is 1. The molecule has 2 fully saturated rings. The molecule has 8 heteroatoms. The number of aliphatic imine (C=N–C) groups is 1. The molecule has 1 saturated carbocycles. The molecule has 0 radical (unpaired) electrons. The number of hydrogen-bond acceptors (Lipinski definition) is 4. The summed E-state index contributed by atoms with van der Waals surface area (Å²) in [5, 5.41) is 13.0. The summed E-state index contributed by atoms with van der Waals surface area (Å²) >= 11 is 6.40. The normalized spacial score (nSPS) is 18.5. The van der Waals surface area contributed by atoms with Crippen molar-refractivity contribution in [3.8, 4) is 0 Å². The third kappa shape index (κ3) is 4.66. The van der Waals surface area contributed by atoms with Gasteiger partial charge in [0.25, 0.3) is 0 Å². The number of anilines is 1. The van der Waals surface area contributed by atoms with Crippen LogP contribution in [0, 0.1) is 6.92 Å². The molecular formula is C21H30ClN7. The summed E-state index contributed by atoms with van der Waals surface area (Å²) in [6, 6.07) is 8.61. The van der Waals surface area contributed by atoms with Gasteiger partial charge in [0, 0.05) is 39.3 Å². The number of nitrogens with one attached hydrogen (secondary N) is 1. The van der Waals surface area contributed by atoms with E-state index in [1.165, 1.54) is 25.7 Å². The lowest BCUT2D eigenvalue weighted by molar-refractivity contribution is 0.365. The van der Waals surface area contributed by atoms with Crippen molar-refractivity contribution in [1.29, 1.82) is 0 Å². The fourth-order valence-corrected chi connectivity index (χ4v) is 4.35. The van der Waals surface area contributed by atoms with Crippen LogP contribution in [-0.4, -0.2) is 57.8 Å². The third-order valence-electron chi connectivity index (χ3n) is 6.01. The minimum atomic E-state index is 0.525. The second-order valence-electron chi connectivity index (χ2n) is 7.91. The van der Waals surface area contributed by atoms with Gasteiger partial charge in [0.1, 0.15) is 12.4 Å². The van der Waals surface area contributed by atoms with E-state index in [0.29, 0.717) is 12.6 Å². The Bertz CT molecular complexity index is 848. The average molecular weight is 416 g/mol. The third-order valence-corrected chi connectivity index (χ3v) is 6.33. The molecule has 1 aliphatic heterocycles. The van der Waals surface area contributed by atoms with Crippen molar-refractivity contribution in [2.24, 2.45) is 12.0 Å². The number of guanidine groups is 1. The van der Waals surface area contributed by atoms with Gasteiger partial charge in [-0.25, -0.2) is 4.99 Å². The quantitative estimate of drug-likeness (QED) is 0.614. The van der Waals surface area contributed by atoms with Crippen LogP contribution in [0.2, 0.25) is 5.02 Å². The highest BCUT2D eigenvalue weighted by Gasteiger charge is 2.24. The van der Waals surface area contributed by atoms with Crippen molar-refractivity contribution in [2.75, 3.05) is 31.1 Å². The van der Waals surface area contributed by atoms with Crippen LogP contribution in [0.5, 0.6) is 0 Å². The molecule has 4 rings (SSSR count). The van der Waals surface area contributed by atoms with Crippen molar-refractivity contribution >= 4 is 23.2 Å². The first kappa shape index (κ1) is 20.0. The zero-order valence-electron chi connectivity index (χ0n) is 17.3. The number of piperazine rings is 1. The summed E-state index contributed by atoms with van der Waals surface area (Å²) in [5.74, 6) is 2.80. The molecule has 29 heavy (non-hydrogen) atoms. The Morgan fingerprint density at radius 1 is 1.14 bits per heavy atom. The second-order valence-corrected chi connectivity index (χ2v) is 8.32. The number of nitrogens with zero attached hydrogens (tertiary/aromatic N) is 6. The predicted octanol–water partition coefficient (Wildman–Crippen LogP) is 2.99. The molecular weight excluding hydrogens is 386 g/mol. The Balaban J connectivity index is 1.45. The topological polar surface area (TPSA) is 61.6 Å². The number of para-hydroxylation sites is 1. The van der Waals surface area contributed by atoms with Crippen LogP contribution in [0.25, 0.3) is 0 Å². The van der Waals surface area contributed by atoms with Gasteiger partial charge in [-0.3, -0.25) is 0 Å². The van der Waals surface area contributed by atoms with E-state index in [4.69, 9.17) is 16.6 Å². The number of aryl methyl sites for hydroxylation is 1. The number of benzene rings is 1. The van der Waals surface area contributed by atoms with Crippen molar-refractivity contribution in [3.05, 3.63) is 40.9 Å². The molecule has 2 aliphatic rings. The highest BCUT2D eigenvalue weighted by molar-refractivity contribution is 6.33. The van der Waals surface area contributed by atoms with Gasteiger partial charge < -0.3 is 19.7 Å². The molecule has 2 heterocycles. The number of halogens is 1. The first-order valence-corrected chi connectivity index (χ1v) is 10.9. The SMILES string of the molecule is Cc1nnc(CN=C(NC2CCCC2)N2CCN(c3ccccc3Cl)CC2)n1C. The molecule has 7 nitrogen and oxygen atoms in total. The summed E-state index contributed by atoms with van der Waals surface area (Å²) in [4.78, 5) is 9.66. The monoisotopic (exact) mass is 415 g/mol. The highest BCUT2D eigenvalue weighted by atomic mass is 35.5. The van der Waals surface area contributed by atoms with E-state index in [2.05, 4.69) is 31.4 Å². The molecule has 0 bridgehead atoms. The maximum Gasteiger partial charge on any atom is 0.194 e. The lowest BCUT2D eigenvalue weighted by atomic mass is 10.2. The van der Waals surface area contributed by atoms with Gasteiger partial charge in [0.05, 0.1) is 10.7 Å². The largest absolute Gasteiger partial charge is 0.367 e. The van der Waals surface area contributed by atoms with E-state index >= 15 is 0 Å². The zero-order chi connectivity index (χ0) is 20.2. The minimum Gasteiger partial charge on any atom is -0.367 e. The van der Waals surface area contributed by atoms with E-state index in [1.54, 1.807) is 0 Å². The van der Waals surface area contributed by atoms with Gasteiger partial charge in [-0.1, -0.05) is 36.6 Å². The van der Waals surface area contributed by atoms with E-state index in [1.807, 2.05) is 36.7 Å². The Hall–Kier alpha value is -2.28. The summed E-state index contributed by atoms with van der Waals surface area (Å²) in [7, 11) is 1.99. The molecule has 0 unspecified atom stereocenters. The van der Waals surface area contributed by atoms with Crippen LogP contribution in [0.1, 0.15) is 37.3 Å². The van der Waals surface area contributed by atoms with Crippen molar-refractivity contribution in [1.82, 2.24) is 25.0 Å². The summed E-state index contributed by atoms with van der Waals surface area (Å²) in [6.45, 7) is 6.20. The van der Waals surface area contributed by atoms with Gasteiger partial charge in [-0.15, -0.1) is 10.2 Å². The van der Waals surface area contributed by atoms with Gasteiger partial charge in [0.15, 0.2) is 11.8 Å². The maximum absolute atomic E-state index is 6.40. The molecule has 156 valence electrons.